The molecular formula is C77H85BOS2. The molecule has 0 bridgehead atoms. The van der Waals surface area contributed by atoms with Gasteiger partial charge < -0.3 is 4.74 Å². The Morgan fingerprint density at radius 2 is 0.765 bits per heavy atom. The molecule has 11 rings (SSSR count). The van der Waals surface area contributed by atoms with Crippen LogP contribution < -0.4 is 21.1 Å². The molecule has 4 heteroatoms. The fourth-order valence-electron chi connectivity index (χ4n) is 12.3. The molecule has 2 heterocycles. The fourth-order valence-corrected chi connectivity index (χ4v) is 14.2. The number of rotatable bonds is 8. The monoisotopic (exact) mass is 1100 g/mol. The van der Waals surface area contributed by atoms with Crippen LogP contribution >= 0.6 is 20.1 Å². The second-order valence-corrected chi connectivity index (χ2v) is 37.3. The van der Waals surface area contributed by atoms with E-state index in [1.807, 2.05) is 0 Å². The molecule has 0 amide bonds. The summed E-state index contributed by atoms with van der Waals surface area (Å²) in [5.41, 5.74) is 25.4. The third-order valence-electron chi connectivity index (χ3n) is 17.2. The second kappa shape index (κ2) is 20.2. The highest BCUT2D eigenvalue weighted by Crippen LogP contribution is 2.52. The van der Waals surface area contributed by atoms with Crippen LogP contribution in [0.25, 0.3) is 55.6 Å². The molecule has 0 aliphatic carbocycles. The summed E-state index contributed by atoms with van der Waals surface area (Å²) < 4.78 is 7.50. The van der Waals surface area contributed by atoms with Crippen LogP contribution in [0.5, 0.6) is 11.5 Å². The fraction of sp³-hybridized carbons (Fsp3) is 0.299. The molecule has 0 saturated carbocycles. The van der Waals surface area contributed by atoms with Crippen molar-refractivity contribution in [2.75, 3.05) is 37.5 Å². The van der Waals surface area contributed by atoms with Gasteiger partial charge in [0.05, 0.1) is 0 Å². The van der Waals surface area contributed by atoms with Gasteiger partial charge in [-0.05, 0) is 199 Å². The van der Waals surface area contributed by atoms with Crippen LogP contribution in [0.2, 0.25) is 0 Å². The molecule has 0 N–H and O–H groups in total. The van der Waals surface area contributed by atoms with Gasteiger partial charge in [-0.25, -0.2) is 20.1 Å². The van der Waals surface area contributed by atoms with Crippen molar-refractivity contribution in [3.8, 4) is 67.1 Å². The maximum atomic E-state index is 7.50. The van der Waals surface area contributed by atoms with E-state index >= 15 is 0 Å². The zero-order chi connectivity index (χ0) is 57.9. The van der Waals surface area contributed by atoms with E-state index in [2.05, 4.69) is 303 Å². The van der Waals surface area contributed by atoms with Crippen molar-refractivity contribution in [3.63, 3.8) is 0 Å². The normalized spacial score (nSPS) is 14.9. The molecule has 0 fully saturated rings. The minimum absolute atomic E-state index is 0.0257. The lowest BCUT2D eigenvalue weighted by atomic mass is 9.31. The van der Waals surface area contributed by atoms with Crippen molar-refractivity contribution in [1.82, 2.24) is 0 Å². The summed E-state index contributed by atoms with van der Waals surface area (Å²) in [4.78, 5) is 2.81. The largest absolute Gasteiger partial charge is 0.458 e. The Morgan fingerprint density at radius 1 is 0.333 bits per heavy atom. The number of hydrogen-bond donors (Lipinski definition) is 0. The lowest BCUT2D eigenvalue weighted by molar-refractivity contribution is 0.487. The van der Waals surface area contributed by atoms with Gasteiger partial charge in [0, 0.05) is 5.92 Å². The van der Waals surface area contributed by atoms with Crippen molar-refractivity contribution >= 4 is 43.2 Å². The molecule has 1 nitrogen and oxygen atoms in total. The van der Waals surface area contributed by atoms with Gasteiger partial charge in [-0.1, -0.05) is 246 Å². The molecule has 9 aromatic rings. The Morgan fingerprint density at radius 3 is 1.23 bits per heavy atom. The summed E-state index contributed by atoms with van der Waals surface area (Å²) in [6.07, 6.45) is 14.5. The number of hydrogen-bond acceptors (Lipinski definition) is 1. The van der Waals surface area contributed by atoms with Crippen LogP contribution in [0, 0.1) is 0 Å². The van der Waals surface area contributed by atoms with Gasteiger partial charge >= 0.3 is 0 Å². The molecule has 9 aromatic carbocycles. The van der Waals surface area contributed by atoms with Gasteiger partial charge in [0.1, 0.15) is 11.5 Å². The van der Waals surface area contributed by atoms with Crippen LogP contribution in [0.15, 0.2) is 192 Å². The Kier molecular flexibility index (Phi) is 14.0. The molecule has 2 aliphatic heterocycles. The summed E-state index contributed by atoms with van der Waals surface area (Å²) in [6, 6.07) is 71.2. The topological polar surface area (TPSA) is 9.23 Å². The highest BCUT2D eigenvalue weighted by molar-refractivity contribution is 8.32. The first-order chi connectivity index (χ1) is 37.9. The minimum atomic E-state index is -1.04. The van der Waals surface area contributed by atoms with Crippen molar-refractivity contribution in [2.24, 2.45) is 0 Å². The Hall–Kier alpha value is -6.46. The molecule has 81 heavy (non-hydrogen) atoms. The minimum Gasteiger partial charge on any atom is -0.458 e. The maximum Gasteiger partial charge on any atom is 0.251 e. The van der Waals surface area contributed by atoms with Crippen LogP contribution in [0.1, 0.15) is 128 Å². The molecule has 0 saturated heterocycles. The zero-order valence-corrected chi connectivity index (χ0v) is 53.3. The Balaban J connectivity index is 1.27. The van der Waals surface area contributed by atoms with Gasteiger partial charge in [0.25, 0.3) is 6.71 Å². The lowest BCUT2D eigenvalue weighted by Crippen LogP contribution is -2.60. The van der Waals surface area contributed by atoms with E-state index in [0.29, 0.717) is 0 Å². The van der Waals surface area contributed by atoms with Crippen LogP contribution in [-0.4, -0.2) is 44.2 Å². The van der Waals surface area contributed by atoms with E-state index in [-0.39, 0.29) is 34.3 Å². The average molecular weight is 1100 g/mol. The standard InChI is InChI=1S/C77H85BOS2/c1-74(2,3)57-37-54(38-58(47-57)75(4,5)6)50-33-35-65-67(44-50)78-68-45-51(55-39-59(76(7,8)9)48-60(40-55)77(10,11)12)34-36-69(68)79-70-46-56(49-25-20-19-21-26-49)43-66(73(70)78)72(65)71-63(52-27-22-29-61(41-52)80(13,14)15)31-24-32-64(71)53-28-23-30-62(42-53)81(16,17)18/h19-48,72H,1-18H3. The van der Waals surface area contributed by atoms with Gasteiger partial charge in [0.2, 0.25) is 0 Å². The zero-order valence-electron chi connectivity index (χ0n) is 51.7. The molecule has 1 atom stereocenters. The van der Waals surface area contributed by atoms with Crippen LogP contribution in [-0.2, 0) is 21.7 Å². The van der Waals surface area contributed by atoms with Gasteiger partial charge in [-0.15, -0.1) is 0 Å². The van der Waals surface area contributed by atoms with Crippen molar-refractivity contribution in [3.05, 3.63) is 221 Å². The first kappa shape index (κ1) is 56.4. The van der Waals surface area contributed by atoms with E-state index in [9.17, 15) is 0 Å². The first-order valence-corrected chi connectivity index (χ1v) is 34.9. The number of fused-ring (bicyclic) bond motifs is 4. The quantitative estimate of drug-likeness (QED) is 0.138. The third-order valence-corrected chi connectivity index (χ3v) is 20.6. The predicted octanol–water partition coefficient (Wildman–Crippen LogP) is 19.4. The van der Waals surface area contributed by atoms with E-state index in [1.54, 1.807) is 0 Å². The van der Waals surface area contributed by atoms with E-state index in [1.165, 1.54) is 115 Å². The second-order valence-electron chi connectivity index (χ2n) is 29.0. The third kappa shape index (κ3) is 10.9. The first-order valence-electron chi connectivity index (χ1n) is 29.1. The van der Waals surface area contributed by atoms with E-state index < -0.39 is 20.1 Å². The summed E-state index contributed by atoms with van der Waals surface area (Å²) in [5, 5.41) is 0. The van der Waals surface area contributed by atoms with Crippen molar-refractivity contribution < 1.29 is 4.74 Å². The Bertz CT molecular complexity index is 3770. The smallest absolute Gasteiger partial charge is 0.251 e. The summed E-state index contributed by atoms with van der Waals surface area (Å²) in [6.45, 7) is 28.0. The van der Waals surface area contributed by atoms with Crippen molar-refractivity contribution in [2.45, 2.75) is 120 Å². The molecular weight excluding hydrogens is 1020 g/mol. The van der Waals surface area contributed by atoms with Crippen LogP contribution in [0.3, 0.4) is 0 Å². The van der Waals surface area contributed by atoms with Gasteiger partial charge in [0.15, 0.2) is 0 Å². The molecule has 2 aliphatic rings. The molecule has 0 spiro atoms. The average Bonchev–Trinajstić information content (AvgIpc) is 3.41. The highest BCUT2D eigenvalue weighted by atomic mass is 32.3. The maximum absolute atomic E-state index is 7.50. The molecule has 0 aromatic heterocycles. The highest BCUT2D eigenvalue weighted by Gasteiger charge is 2.44. The number of benzene rings is 9. The van der Waals surface area contributed by atoms with Crippen LogP contribution in [0.4, 0.5) is 0 Å². The Labute approximate surface area is 490 Å². The summed E-state index contributed by atoms with van der Waals surface area (Å²) in [7, 11) is -2.08. The van der Waals surface area contributed by atoms with E-state index in [4.69, 9.17) is 4.74 Å². The lowest BCUT2D eigenvalue weighted by Gasteiger charge is -2.40. The van der Waals surface area contributed by atoms with Crippen molar-refractivity contribution in [1.29, 1.82) is 0 Å². The predicted molar refractivity (Wildman–Crippen MR) is 361 cm³/mol. The van der Waals surface area contributed by atoms with Gasteiger partial charge in [-0.2, -0.15) is 0 Å². The molecule has 414 valence electrons. The summed E-state index contributed by atoms with van der Waals surface area (Å²) in [5.74, 6) is 1.68. The van der Waals surface area contributed by atoms with Gasteiger partial charge in [-0.3, -0.25) is 0 Å². The number of ether oxygens (including phenoxy) is 1. The summed E-state index contributed by atoms with van der Waals surface area (Å²) >= 11 is 0. The van der Waals surface area contributed by atoms with E-state index in [0.717, 1.165) is 17.1 Å². The molecule has 0 radical (unpaired) electrons. The molecule has 1 unspecified atom stereocenters. The SMILES string of the molecule is CC(C)(C)c1cc(-c2ccc3c(c2)B2c4cc(-c5cc(C(C)(C)C)cc(C(C)(C)C)c5)ccc4C(c4c(-c5cccc(S(C)(C)C)c5)cccc4-c4cccc(S(C)(C)C)c4)c4cc(-c5ccccc5)cc(c42)O3)cc(C(C)(C)C)c1.